The molecule has 0 bridgehead atoms. The highest BCUT2D eigenvalue weighted by molar-refractivity contribution is 9.10. The lowest BCUT2D eigenvalue weighted by molar-refractivity contribution is 0.0734. The second-order valence-corrected chi connectivity index (χ2v) is 10.5. The van der Waals surface area contributed by atoms with E-state index in [1.807, 2.05) is 42.5 Å². The van der Waals surface area contributed by atoms with Gasteiger partial charge in [-0.1, -0.05) is 93.2 Å². The summed E-state index contributed by atoms with van der Waals surface area (Å²) < 4.78 is 6.29. The molecular formula is C29H17BrCl3N3O3. The van der Waals surface area contributed by atoms with Crippen molar-refractivity contribution in [1.82, 2.24) is 10.4 Å². The van der Waals surface area contributed by atoms with Crippen LogP contribution in [0.4, 0.5) is 0 Å². The van der Waals surface area contributed by atoms with Gasteiger partial charge < -0.3 is 9.72 Å². The van der Waals surface area contributed by atoms with Crippen LogP contribution in [0.25, 0.3) is 22.0 Å². The molecule has 0 spiro atoms. The molecule has 0 unspecified atom stereocenters. The lowest BCUT2D eigenvalue weighted by Gasteiger charge is -2.09. The van der Waals surface area contributed by atoms with Crippen molar-refractivity contribution in [2.45, 2.75) is 0 Å². The molecule has 1 aromatic heterocycles. The van der Waals surface area contributed by atoms with Gasteiger partial charge in [0.2, 0.25) is 0 Å². The van der Waals surface area contributed by atoms with Crippen molar-refractivity contribution in [3.63, 3.8) is 0 Å². The van der Waals surface area contributed by atoms with Crippen molar-refractivity contribution in [3.05, 3.63) is 121 Å². The van der Waals surface area contributed by atoms with E-state index in [1.165, 1.54) is 18.3 Å². The number of carbonyl (C=O) groups excluding carboxylic acids is 2. The molecule has 0 aliphatic carbocycles. The first-order chi connectivity index (χ1) is 18.8. The Balaban J connectivity index is 1.42. The number of fused-ring (bicyclic) bond motifs is 1. The van der Waals surface area contributed by atoms with E-state index in [4.69, 9.17) is 39.5 Å². The predicted octanol–water partition coefficient (Wildman–Crippen LogP) is 8.54. The molecule has 0 radical (unpaired) electrons. The topological polar surface area (TPSA) is 83.5 Å². The molecule has 10 heteroatoms. The minimum atomic E-state index is -0.667. The van der Waals surface area contributed by atoms with Crippen LogP contribution in [0.5, 0.6) is 5.75 Å². The number of esters is 1. The third-order valence-electron chi connectivity index (χ3n) is 5.77. The van der Waals surface area contributed by atoms with Crippen LogP contribution in [-0.4, -0.2) is 23.1 Å². The Kier molecular flexibility index (Phi) is 8.04. The largest absolute Gasteiger partial charge is 0.422 e. The Bertz CT molecular complexity index is 1750. The lowest BCUT2D eigenvalue weighted by atomic mass is 10.0. The number of H-pyrrole nitrogens is 1. The fourth-order valence-electron chi connectivity index (χ4n) is 4.00. The average molecular weight is 642 g/mol. The highest BCUT2D eigenvalue weighted by Gasteiger charge is 2.20. The van der Waals surface area contributed by atoms with Crippen molar-refractivity contribution in [2.75, 3.05) is 0 Å². The van der Waals surface area contributed by atoms with Crippen LogP contribution in [0.2, 0.25) is 15.1 Å². The van der Waals surface area contributed by atoms with Gasteiger partial charge in [0, 0.05) is 26.0 Å². The minimum absolute atomic E-state index is 0.158. The Morgan fingerprint density at radius 1 is 0.897 bits per heavy atom. The van der Waals surface area contributed by atoms with Crippen LogP contribution in [0.15, 0.2) is 94.5 Å². The van der Waals surface area contributed by atoms with Gasteiger partial charge in [-0.3, -0.25) is 4.79 Å². The van der Waals surface area contributed by atoms with Crippen LogP contribution >= 0.6 is 50.7 Å². The summed E-state index contributed by atoms with van der Waals surface area (Å²) in [6.07, 6.45) is 1.38. The van der Waals surface area contributed by atoms with Gasteiger partial charge in [0.25, 0.3) is 5.91 Å². The normalized spacial score (nSPS) is 11.2. The summed E-state index contributed by atoms with van der Waals surface area (Å²) in [7, 11) is 0. The monoisotopic (exact) mass is 639 g/mol. The molecule has 194 valence electrons. The maximum Gasteiger partial charge on any atom is 0.345 e. The molecule has 1 heterocycles. The van der Waals surface area contributed by atoms with E-state index in [0.717, 1.165) is 15.4 Å². The second-order valence-electron chi connectivity index (χ2n) is 8.30. The summed E-state index contributed by atoms with van der Waals surface area (Å²) in [5.41, 5.74) is 5.65. The van der Waals surface area contributed by atoms with Crippen molar-refractivity contribution in [3.8, 4) is 16.9 Å². The van der Waals surface area contributed by atoms with E-state index in [1.54, 1.807) is 30.3 Å². The Hall–Kier alpha value is -3.62. The van der Waals surface area contributed by atoms with Crippen LogP contribution in [-0.2, 0) is 0 Å². The second kappa shape index (κ2) is 11.6. The van der Waals surface area contributed by atoms with Gasteiger partial charge in [-0.25, -0.2) is 10.2 Å². The molecule has 0 aliphatic heterocycles. The first kappa shape index (κ1) is 27.0. The molecule has 5 aromatic rings. The van der Waals surface area contributed by atoms with Gasteiger partial charge in [0.15, 0.2) is 0 Å². The number of nitrogens with one attached hydrogen (secondary N) is 2. The zero-order chi connectivity index (χ0) is 27.5. The number of hydrazone groups is 1. The molecule has 6 nitrogen and oxygen atoms in total. The smallest absolute Gasteiger partial charge is 0.345 e. The third kappa shape index (κ3) is 5.87. The number of ether oxygens (including phenoxy) is 1. The average Bonchev–Trinajstić information content (AvgIpc) is 3.31. The summed E-state index contributed by atoms with van der Waals surface area (Å²) in [5.74, 6) is -0.923. The number of hydrogen-bond donors (Lipinski definition) is 2. The molecule has 39 heavy (non-hydrogen) atoms. The van der Waals surface area contributed by atoms with Crippen LogP contribution in [0.3, 0.4) is 0 Å². The Morgan fingerprint density at radius 3 is 2.46 bits per heavy atom. The summed E-state index contributed by atoms with van der Waals surface area (Å²) in [6.45, 7) is 0. The molecule has 4 aromatic carbocycles. The number of nitrogens with zero attached hydrogens (tertiary/aromatic N) is 1. The van der Waals surface area contributed by atoms with E-state index < -0.39 is 11.9 Å². The number of aromatic amines is 1. The summed E-state index contributed by atoms with van der Waals surface area (Å²) in [5, 5.41) is 5.99. The fraction of sp³-hybridized carbons (Fsp3) is 0. The first-order valence-corrected chi connectivity index (χ1v) is 13.4. The Morgan fingerprint density at radius 2 is 1.69 bits per heavy atom. The zero-order valence-electron chi connectivity index (χ0n) is 19.8. The maximum atomic E-state index is 13.3. The first-order valence-electron chi connectivity index (χ1n) is 11.5. The summed E-state index contributed by atoms with van der Waals surface area (Å²) in [4.78, 5) is 29.2. The van der Waals surface area contributed by atoms with Crippen LogP contribution in [0, 0.1) is 0 Å². The molecular weight excluding hydrogens is 625 g/mol. The van der Waals surface area contributed by atoms with Gasteiger partial charge >= 0.3 is 5.97 Å². The minimum Gasteiger partial charge on any atom is -0.422 e. The molecule has 1 amide bonds. The maximum absolute atomic E-state index is 13.3. The van der Waals surface area contributed by atoms with E-state index in [9.17, 15) is 9.59 Å². The van der Waals surface area contributed by atoms with Gasteiger partial charge in [0.1, 0.15) is 11.4 Å². The molecule has 0 aliphatic rings. The molecule has 0 fully saturated rings. The van der Waals surface area contributed by atoms with E-state index in [0.29, 0.717) is 32.4 Å². The van der Waals surface area contributed by atoms with Crippen LogP contribution < -0.4 is 10.2 Å². The number of para-hydroxylation sites is 1. The van der Waals surface area contributed by atoms with E-state index in [-0.39, 0.29) is 16.3 Å². The number of carbonyl (C=O) groups is 2. The Labute approximate surface area is 246 Å². The van der Waals surface area contributed by atoms with Crippen molar-refractivity contribution >= 4 is 79.7 Å². The third-order valence-corrected chi connectivity index (χ3v) is 7.12. The SMILES string of the molecule is O=C(Oc1ccc(Br)cc1C=NNC(=O)c1[nH]c2c(Cl)cccc2c1-c1ccccc1)c1ccc(Cl)cc1Cl. The number of hydrogen-bond acceptors (Lipinski definition) is 4. The number of benzene rings is 4. The predicted molar refractivity (Wildman–Crippen MR) is 159 cm³/mol. The van der Waals surface area contributed by atoms with Gasteiger partial charge in [-0.05, 0) is 48.0 Å². The standard InChI is InChI=1S/C29H17BrCl3N3O3/c30-18-9-12-24(39-29(38)20-11-10-19(31)14-23(20)33)17(13-18)15-34-36-28(37)27-25(16-5-2-1-3-6-16)21-7-4-8-22(32)26(21)35-27/h1-15,35H,(H,36,37). The van der Waals surface area contributed by atoms with Gasteiger partial charge in [-0.2, -0.15) is 5.10 Å². The fourth-order valence-corrected chi connectivity index (χ4v) is 5.08. The quantitative estimate of drug-likeness (QED) is 0.0844. The summed E-state index contributed by atoms with van der Waals surface area (Å²) in [6, 6.07) is 24.5. The lowest BCUT2D eigenvalue weighted by Crippen LogP contribution is -2.19. The highest BCUT2D eigenvalue weighted by atomic mass is 79.9. The van der Waals surface area contributed by atoms with E-state index in [2.05, 4.69) is 31.4 Å². The molecule has 0 saturated heterocycles. The highest BCUT2D eigenvalue weighted by Crippen LogP contribution is 2.35. The van der Waals surface area contributed by atoms with Gasteiger partial charge in [-0.15, -0.1) is 0 Å². The van der Waals surface area contributed by atoms with Crippen molar-refractivity contribution in [2.24, 2.45) is 5.10 Å². The van der Waals surface area contributed by atoms with Crippen LogP contribution in [0.1, 0.15) is 26.4 Å². The number of halogens is 4. The summed E-state index contributed by atoms with van der Waals surface area (Å²) >= 11 is 21.9. The zero-order valence-corrected chi connectivity index (χ0v) is 23.7. The number of rotatable bonds is 6. The van der Waals surface area contributed by atoms with E-state index >= 15 is 0 Å². The number of aromatic nitrogens is 1. The molecule has 2 N–H and O–H groups in total. The molecule has 0 atom stereocenters. The number of amides is 1. The van der Waals surface area contributed by atoms with Gasteiger partial charge in [0.05, 0.1) is 27.3 Å². The molecule has 0 saturated carbocycles. The van der Waals surface area contributed by atoms with Crippen molar-refractivity contribution in [1.29, 1.82) is 0 Å². The van der Waals surface area contributed by atoms with Crippen molar-refractivity contribution < 1.29 is 14.3 Å². The molecule has 5 rings (SSSR count).